The molecule has 0 spiro atoms. The van der Waals surface area contributed by atoms with E-state index in [2.05, 4.69) is 10.1 Å². The molecule has 0 saturated carbocycles. The summed E-state index contributed by atoms with van der Waals surface area (Å²) in [6, 6.07) is 0. The van der Waals surface area contributed by atoms with Crippen LogP contribution in [0.25, 0.3) is 0 Å². The Morgan fingerprint density at radius 3 is 2.27 bits per heavy atom. The van der Waals surface area contributed by atoms with Crippen LogP contribution in [0.4, 0.5) is 4.79 Å². The van der Waals surface area contributed by atoms with Crippen LogP contribution >= 0.6 is 0 Å². The fourth-order valence-electron chi connectivity index (χ4n) is 1.33. The van der Waals surface area contributed by atoms with E-state index in [4.69, 9.17) is 10.2 Å². The molecule has 3 N–H and O–H groups in total. The molecule has 90 valence electrons. The Bertz CT molecular complexity index is 171. The van der Waals surface area contributed by atoms with Gasteiger partial charge in [-0.2, -0.15) is 0 Å². The van der Waals surface area contributed by atoms with Gasteiger partial charge < -0.3 is 20.3 Å². The highest BCUT2D eigenvalue weighted by atomic mass is 16.5. The molecular weight excluding hydrogens is 200 g/mol. The molecule has 0 heterocycles. The lowest BCUT2D eigenvalue weighted by atomic mass is 10.3. The Morgan fingerprint density at radius 2 is 1.93 bits per heavy atom. The Kier molecular flexibility index (Phi) is 7.98. The minimum absolute atomic E-state index is 0.0145. The van der Waals surface area contributed by atoms with Gasteiger partial charge in [0.2, 0.25) is 0 Å². The molecule has 0 fully saturated rings. The van der Waals surface area contributed by atoms with Gasteiger partial charge in [-0.05, 0) is 6.42 Å². The molecule has 0 aliphatic carbocycles. The first-order valence-corrected chi connectivity index (χ1v) is 4.99. The summed E-state index contributed by atoms with van der Waals surface area (Å²) < 4.78 is 4.49. The molecule has 15 heavy (non-hydrogen) atoms. The summed E-state index contributed by atoms with van der Waals surface area (Å²) >= 11 is 0. The Balaban J connectivity index is 4.23. The Hall–Kier alpha value is -0.850. The van der Waals surface area contributed by atoms with Gasteiger partial charge in [0, 0.05) is 13.1 Å². The van der Waals surface area contributed by atoms with Crippen LogP contribution in [0.2, 0.25) is 0 Å². The largest absolute Gasteiger partial charge is 0.453 e. The lowest BCUT2D eigenvalue weighted by Crippen LogP contribution is -2.49. The number of hydrogen-bond donors (Lipinski definition) is 3. The van der Waals surface area contributed by atoms with E-state index in [1.165, 1.54) is 7.11 Å². The second-order valence-corrected chi connectivity index (χ2v) is 3.04. The van der Waals surface area contributed by atoms with Crippen LogP contribution in [-0.4, -0.2) is 60.8 Å². The second-order valence-electron chi connectivity index (χ2n) is 3.04. The highest BCUT2D eigenvalue weighted by Crippen LogP contribution is 2.00. The number of carbonyl (C=O) groups is 1. The molecule has 6 heteroatoms. The van der Waals surface area contributed by atoms with Crippen LogP contribution in [0.1, 0.15) is 13.3 Å². The third kappa shape index (κ3) is 5.56. The summed E-state index contributed by atoms with van der Waals surface area (Å²) in [6.07, 6.45) is -0.0609. The Morgan fingerprint density at radius 1 is 1.40 bits per heavy atom. The standard InChI is InChI=1S/C9H20N2O4/c1-3-8(10-9(14)15-2)11(4-6-12)5-7-13/h8,12-13H,3-7H2,1-2H3,(H,10,14). The zero-order valence-corrected chi connectivity index (χ0v) is 9.27. The highest BCUT2D eigenvalue weighted by molar-refractivity contribution is 5.67. The van der Waals surface area contributed by atoms with Gasteiger partial charge in [0.05, 0.1) is 26.5 Å². The summed E-state index contributed by atoms with van der Waals surface area (Å²) in [5.41, 5.74) is 0. The lowest BCUT2D eigenvalue weighted by Gasteiger charge is -2.29. The number of methoxy groups -OCH3 is 1. The third-order valence-electron chi connectivity index (χ3n) is 2.07. The molecule has 1 atom stereocenters. The number of nitrogens with zero attached hydrogens (tertiary/aromatic N) is 1. The van der Waals surface area contributed by atoms with Gasteiger partial charge in [-0.15, -0.1) is 0 Å². The minimum atomic E-state index is -0.511. The molecule has 0 radical (unpaired) electrons. The monoisotopic (exact) mass is 220 g/mol. The average molecular weight is 220 g/mol. The quantitative estimate of drug-likeness (QED) is 0.497. The first-order valence-electron chi connectivity index (χ1n) is 4.99. The minimum Gasteiger partial charge on any atom is -0.453 e. The molecule has 0 aromatic heterocycles. The van der Waals surface area contributed by atoms with Crippen LogP contribution in [-0.2, 0) is 4.74 Å². The van der Waals surface area contributed by atoms with Crippen molar-refractivity contribution in [1.82, 2.24) is 10.2 Å². The first-order chi connectivity index (χ1) is 7.19. The van der Waals surface area contributed by atoms with Gasteiger partial charge >= 0.3 is 6.09 Å². The number of hydrogen-bond acceptors (Lipinski definition) is 5. The van der Waals surface area contributed by atoms with Crippen molar-refractivity contribution < 1.29 is 19.7 Å². The summed E-state index contributed by atoms with van der Waals surface area (Å²) in [5, 5.41) is 20.3. The molecule has 1 amide bonds. The zero-order valence-electron chi connectivity index (χ0n) is 9.27. The average Bonchev–Trinajstić information content (AvgIpc) is 2.25. The smallest absolute Gasteiger partial charge is 0.408 e. The maximum absolute atomic E-state index is 11.0. The summed E-state index contributed by atoms with van der Waals surface area (Å²) in [7, 11) is 1.30. The second kappa shape index (κ2) is 8.46. The molecule has 0 rings (SSSR count). The van der Waals surface area contributed by atoms with Crippen molar-refractivity contribution in [1.29, 1.82) is 0 Å². The van der Waals surface area contributed by atoms with Gasteiger partial charge in [0.15, 0.2) is 0 Å². The van der Waals surface area contributed by atoms with E-state index in [1.807, 2.05) is 6.92 Å². The number of nitrogens with one attached hydrogen (secondary N) is 1. The summed E-state index contributed by atoms with van der Waals surface area (Å²) in [6.45, 7) is 2.69. The highest BCUT2D eigenvalue weighted by Gasteiger charge is 2.17. The van der Waals surface area contributed by atoms with Crippen molar-refractivity contribution in [2.45, 2.75) is 19.5 Å². The predicted molar refractivity (Wildman–Crippen MR) is 55.4 cm³/mol. The maximum atomic E-state index is 11.0. The topological polar surface area (TPSA) is 82.0 Å². The number of amides is 1. The van der Waals surface area contributed by atoms with Crippen molar-refractivity contribution in [3.8, 4) is 0 Å². The van der Waals surface area contributed by atoms with Crippen LogP contribution in [0, 0.1) is 0 Å². The van der Waals surface area contributed by atoms with Crippen molar-refractivity contribution in [3.63, 3.8) is 0 Å². The molecular formula is C9H20N2O4. The van der Waals surface area contributed by atoms with Gasteiger partial charge in [0.25, 0.3) is 0 Å². The molecule has 6 nitrogen and oxygen atoms in total. The van der Waals surface area contributed by atoms with Crippen molar-refractivity contribution >= 4 is 6.09 Å². The third-order valence-corrected chi connectivity index (χ3v) is 2.07. The van der Waals surface area contributed by atoms with E-state index in [0.717, 1.165) is 0 Å². The molecule has 0 aliphatic heterocycles. The number of aliphatic hydroxyl groups excluding tert-OH is 2. The molecule has 1 unspecified atom stereocenters. The summed E-state index contributed by atoms with van der Waals surface area (Å²) in [5.74, 6) is 0. The fourth-order valence-corrected chi connectivity index (χ4v) is 1.33. The SMILES string of the molecule is CCC(NC(=O)OC)N(CCO)CCO. The van der Waals surface area contributed by atoms with E-state index in [1.54, 1.807) is 4.90 Å². The van der Waals surface area contributed by atoms with E-state index < -0.39 is 6.09 Å². The molecule has 0 saturated heterocycles. The number of aliphatic hydroxyl groups is 2. The van der Waals surface area contributed by atoms with Gasteiger partial charge in [-0.1, -0.05) is 6.92 Å². The molecule has 0 aromatic carbocycles. The molecule has 0 bridgehead atoms. The van der Waals surface area contributed by atoms with Crippen molar-refractivity contribution in [3.05, 3.63) is 0 Å². The van der Waals surface area contributed by atoms with Crippen LogP contribution in [0.5, 0.6) is 0 Å². The first kappa shape index (κ1) is 14.2. The Labute approximate surface area is 89.8 Å². The normalized spacial score (nSPS) is 12.6. The van der Waals surface area contributed by atoms with E-state index in [-0.39, 0.29) is 19.4 Å². The number of rotatable bonds is 7. The van der Waals surface area contributed by atoms with E-state index in [0.29, 0.717) is 19.5 Å². The van der Waals surface area contributed by atoms with Crippen molar-refractivity contribution in [2.75, 3.05) is 33.4 Å². The van der Waals surface area contributed by atoms with Crippen LogP contribution in [0.3, 0.4) is 0 Å². The lowest BCUT2D eigenvalue weighted by molar-refractivity contribution is 0.0928. The van der Waals surface area contributed by atoms with E-state index >= 15 is 0 Å². The number of alkyl carbamates (subject to hydrolysis) is 1. The van der Waals surface area contributed by atoms with Gasteiger partial charge in [-0.25, -0.2) is 4.79 Å². The molecule has 0 aromatic rings. The maximum Gasteiger partial charge on any atom is 0.408 e. The van der Waals surface area contributed by atoms with E-state index in [9.17, 15) is 4.79 Å². The number of carbonyl (C=O) groups excluding carboxylic acids is 1. The zero-order chi connectivity index (χ0) is 11.7. The fraction of sp³-hybridized carbons (Fsp3) is 0.889. The van der Waals surface area contributed by atoms with Gasteiger partial charge in [0.1, 0.15) is 0 Å². The number of ether oxygens (including phenoxy) is 1. The van der Waals surface area contributed by atoms with Crippen LogP contribution < -0.4 is 5.32 Å². The predicted octanol–water partition coefficient (Wildman–Crippen LogP) is -0.635. The van der Waals surface area contributed by atoms with Gasteiger partial charge in [-0.3, -0.25) is 4.90 Å². The van der Waals surface area contributed by atoms with Crippen molar-refractivity contribution in [2.24, 2.45) is 0 Å². The molecule has 0 aliphatic rings. The summed E-state index contributed by atoms with van der Waals surface area (Å²) in [4.78, 5) is 12.8. The van der Waals surface area contributed by atoms with Crippen LogP contribution in [0.15, 0.2) is 0 Å².